The van der Waals surface area contributed by atoms with E-state index in [2.05, 4.69) is 5.32 Å². The van der Waals surface area contributed by atoms with Crippen LogP contribution >= 0.6 is 0 Å². The van der Waals surface area contributed by atoms with Crippen LogP contribution < -0.4 is 9.50 Å². The van der Waals surface area contributed by atoms with Crippen LogP contribution in [0.4, 0.5) is 0 Å². The predicted molar refractivity (Wildman–Crippen MR) is 98.6 cm³/mol. The van der Waals surface area contributed by atoms with Crippen LogP contribution in [0, 0.1) is 0 Å². The van der Waals surface area contributed by atoms with E-state index in [1.165, 1.54) is 31.2 Å². The largest absolute Gasteiger partial charge is 0.464 e. The van der Waals surface area contributed by atoms with Gasteiger partial charge in [0.2, 0.25) is 5.91 Å². The van der Waals surface area contributed by atoms with Crippen LogP contribution in [0.1, 0.15) is 19.4 Å². The molecule has 1 unspecified atom stereocenters. The first kappa shape index (κ1) is 20.4. The van der Waals surface area contributed by atoms with Gasteiger partial charge in [-0.15, -0.1) is 0 Å². The second-order valence-electron chi connectivity index (χ2n) is 5.70. The molecule has 1 amide bonds. The van der Waals surface area contributed by atoms with Gasteiger partial charge in [0.25, 0.3) is 0 Å². The Hall–Kier alpha value is -2.87. The molecule has 0 heterocycles. The zero-order chi connectivity index (χ0) is 19.9. The first-order valence-corrected chi connectivity index (χ1v) is 9.75. The van der Waals surface area contributed by atoms with E-state index in [1.54, 1.807) is 37.3 Å². The fourth-order valence-corrected chi connectivity index (χ4v) is 3.31. The van der Waals surface area contributed by atoms with Crippen molar-refractivity contribution in [2.75, 3.05) is 6.61 Å². The molecule has 0 aromatic heterocycles. The van der Waals surface area contributed by atoms with Crippen molar-refractivity contribution in [3.8, 4) is 5.75 Å². The predicted octanol–water partition coefficient (Wildman–Crippen LogP) is 2.06. The smallest absolute Gasteiger partial charge is 0.339 e. The van der Waals surface area contributed by atoms with Crippen LogP contribution in [0.2, 0.25) is 0 Å². The number of esters is 1. The Morgan fingerprint density at radius 2 is 1.67 bits per heavy atom. The Morgan fingerprint density at radius 3 is 2.22 bits per heavy atom. The summed E-state index contributed by atoms with van der Waals surface area (Å²) in [5.41, 5.74) is 0.714. The lowest BCUT2D eigenvalue weighted by Gasteiger charge is -2.16. The average molecular weight is 391 g/mol. The zero-order valence-electron chi connectivity index (χ0n) is 15.0. The van der Waals surface area contributed by atoms with Crippen LogP contribution in [0.5, 0.6) is 5.75 Å². The quantitative estimate of drug-likeness (QED) is 0.546. The third-order valence-electron chi connectivity index (χ3n) is 3.55. The zero-order valence-corrected chi connectivity index (χ0v) is 15.9. The number of hydrogen-bond donors (Lipinski definition) is 1. The highest BCUT2D eigenvalue weighted by Gasteiger charge is 2.21. The number of hydrogen-bond acceptors (Lipinski definition) is 6. The van der Waals surface area contributed by atoms with Gasteiger partial charge in [-0.2, -0.15) is 8.42 Å². The third-order valence-corrected chi connectivity index (χ3v) is 4.81. The van der Waals surface area contributed by atoms with Gasteiger partial charge in [-0.25, -0.2) is 4.79 Å². The molecule has 8 heteroatoms. The van der Waals surface area contributed by atoms with Crippen LogP contribution in [-0.2, 0) is 30.9 Å². The lowest BCUT2D eigenvalue weighted by molar-refractivity contribution is -0.147. The molecule has 144 valence electrons. The summed E-state index contributed by atoms with van der Waals surface area (Å²) in [5.74, 6) is -0.726. The molecule has 0 aliphatic heterocycles. The van der Waals surface area contributed by atoms with Gasteiger partial charge in [0, 0.05) is 13.3 Å². The molecule has 0 saturated heterocycles. The monoisotopic (exact) mass is 391 g/mol. The van der Waals surface area contributed by atoms with Crippen molar-refractivity contribution in [3.63, 3.8) is 0 Å². The van der Waals surface area contributed by atoms with Crippen molar-refractivity contribution in [1.82, 2.24) is 5.32 Å². The third kappa shape index (κ3) is 6.10. The van der Waals surface area contributed by atoms with E-state index in [4.69, 9.17) is 8.92 Å². The number of benzene rings is 2. The first-order chi connectivity index (χ1) is 12.8. The minimum Gasteiger partial charge on any atom is -0.464 e. The Morgan fingerprint density at radius 1 is 1.04 bits per heavy atom. The van der Waals surface area contributed by atoms with Gasteiger partial charge in [0.15, 0.2) is 0 Å². The minimum absolute atomic E-state index is 0.0575. The molecule has 0 bridgehead atoms. The normalized spacial score (nSPS) is 12.1. The lowest BCUT2D eigenvalue weighted by Crippen LogP contribution is -2.42. The van der Waals surface area contributed by atoms with Gasteiger partial charge in [0.05, 0.1) is 6.61 Å². The van der Waals surface area contributed by atoms with Crippen LogP contribution in [-0.4, -0.2) is 32.9 Å². The number of amides is 1. The molecule has 27 heavy (non-hydrogen) atoms. The fourth-order valence-electron chi connectivity index (χ4n) is 2.36. The van der Waals surface area contributed by atoms with Gasteiger partial charge < -0.3 is 14.2 Å². The average Bonchev–Trinajstić information content (AvgIpc) is 2.63. The molecule has 0 aliphatic carbocycles. The standard InChI is InChI=1S/C19H21NO6S/c1-3-25-19(22)18(20-14(2)21)13-15-9-11-16(12-10-15)26-27(23,24)17-7-5-4-6-8-17/h4-12,18H,3,13H2,1-2H3,(H,20,21). The summed E-state index contributed by atoms with van der Waals surface area (Å²) in [5, 5.41) is 2.55. The molecule has 1 atom stereocenters. The number of ether oxygens (including phenoxy) is 1. The second kappa shape index (κ2) is 9.18. The van der Waals surface area contributed by atoms with Crippen molar-refractivity contribution >= 4 is 22.0 Å². The highest BCUT2D eigenvalue weighted by atomic mass is 32.2. The van der Waals surface area contributed by atoms with Crippen LogP contribution in [0.3, 0.4) is 0 Å². The summed E-state index contributed by atoms with van der Waals surface area (Å²) >= 11 is 0. The van der Waals surface area contributed by atoms with E-state index >= 15 is 0 Å². The van der Waals surface area contributed by atoms with Gasteiger partial charge in [-0.3, -0.25) is 4.79 Å². The Balaban J connectivity index is 2.09. The summed E-state index contributed by atoms with van der Waals surface area (Å²) in [7, 11) is -3.92. The van der Waals surface area contributed by atoms with Gasteiger partial charge in [-0.05, 0) is 36.8 Å². The Bertz CT molecular complexity index is 878. The van der Waals surface area contributed by atoms with E-state index in [9.17, 15) is 18.0 Å². The minimum atomic E-state index is -3.92. The van der Waals surface area contributed by atoms with Crippen LogP contribution in [0.15, 0.2) is 59.5 Å². The van der Waals surface area contributed by atoms with E-state index in [1.807, 2.05) is 0 Å². The highest BCUT2D eigenvalue weighted by molar-refractivity contribution is 7.87. The first-order valence-electron chi connectivity index (χ1n) is 8.34. The second-order valence-corrected chi connectivity index (χ2v) is 7.25. The Labute approximate surface area is 158 Å². The van der Waals surface area contributed by atoms with Crippen LogP contribution in [0.25, 0.3) is 0 Å². The molecule has 0 radical (unpaired) electrons. The van der Waals surface area contributed by atoms with Crippen molar-refractivity contribution in [2.45, 2.75) is 31.2 Å². The van der Waals surface area contributed by atoms with Crippen molar-refractivity contribution < 1.29 is 26.9 Å². The van der Waals surface area contributed by atoms with Crippen molar-refractivity contribution in [3.05, 3.63) is 60.2 Å². The molecule has 0 aliphatic rings. The summed E-state index contributed by atoms with van der Waals surface area (Å²) < 4.78 is 34.5. The maximum atomic E-state index is 12.2. The molecule has 0 saturated carbocycles. The van der Waals surface area contributed by atoms with Crippen molar-refractivity contribution in [1.29, 1.82) is 0 Å². The fraction of sp³-hybridized carbons (Fsp3) is 0.263. The molecule has 1 N–H and O–H groups in total. The molecule has 0 fully saturated rings. The highest BCUT2D eigenvalue weighted by Crippen LogP contribution is 2.19. The molecular formula is C19H21NO6S. The van der Waals surface area contributed by atoms with E-state index < -0.39 is 22.1 Å². The molecule has 2 rings (SSSR count). The summed E-state index contributed by atoms with van der Waals surface area (Å²) in [4.78, 5) is 23.3. The number of carbonyl (C=O) groups is 2. The molecular weight excluding hydrogens is 370 g/mol. The Kier molecular flexibility index (Phi) is 6.95. The maximum absolute atomic E-state index is 12.2. The van der Waals surface area contributed by atoms with E-state index in [-0.39, 0.29) is 29.6 Å². The van der Waals surface area contributed by atoms with Gasteiger partial charge in [-0.1, -0.05) is 30.3 Å². The molecule has 2 aromatic rings. The number of carbonyl (C=O) groups excluding carboxylic acids is 2. The van der Waals surface area contributed by atoms with Gasteiger partial charge >= 0.3 is 16.1 Å². The summed E-state index contributed by atoms with van der Waals surface area (Å²) in [6.07, 6.45) is 0.212. The van der Waals surface area contributed by atoms with E-state index in [0.29, 0.717) is 5.56 Å². The topological polar surface area (TPSA) is 98.8 Å². The van der Waals surface area contributed by atoms with E-state index in [0.717, 1.165) is 0 Å². The van der Waals surface area contributed by atoms with Gasteiger partial charge in [0.1, 0.15) is 16.7 Å². The number of nitrogens with one attached hydrogen (secondary N) is 1. The lowest BCUT2D eigenvalue weighted by atomic mass is 10.1. The SMILES string of the molecule is CCOC(=O)C(Cc1ccc(OS(=O)(=O)c2ccccc2)cc1)NC(C)=O. The maximum Gasteiger partial charge on any atom is 0.339 e. The summed E-state index contributed by atoms with van der Waals surface area (Å²) in [6, 6.07) is 13.2. The molecule has 2 aromatic carbocycles. The molecule has 7 nitrogen and oxygen atoms in total. The number of rotatable bonds is 8. The summed E-state index contributed by atoms with van der Waals surface area (Å²) in [6.45, 7) is 3.21. The van der Waals surface area contributed by atoms with Crippen molar-refractivity contribution in [2.24, 2.45) is 0 Å². The molecule has 0 spiro atoms.